The van der Waals surface area contributed by atoms with Gasteiger partial charge in [-0.3, -0.25) is 9.69 Å². The summed E-state index contributed by atoms with van der Waals surface area (Å²) in [7, 11) is 1.99. The van der Waals surface area contributed by atoms with Gasteiger partial charge < -0.3 is 5.32 Å². The van der Waals surface area contributed by atoms with E-state index in [-0.39, 0.29) is 5.78 Å². The van der Waals surface area contributed by atoms with Crippen LogP contribution in [0.1, 0.15) is 23.2 Å². The number of nitrogens with zero attached hydrogens (tertiary/aromatic N) is 1. The number of benzene rings is 1. The lowest BCUT2D eigenvalue weighted by molar-refractivity contribution is 0.0903. The number of carbonyl (C=O) groups is 1. The molecular formula is C14H18Cl2N2O. The van der Waals surface area contributed by atoms with Gasteiger partial charge in [0.05, 0.1) is 11.6 Å². The van der Waals surface area contributed by atoms with Crippen LogP contribution >= 0.6 is 23.2 Å². The van der Waals surface area contributed by atoms with E-state index >= 15 is 0 Å². The number of likely N-dealkylation sites (N-methyl/N-ethyl adjacent to an activating group) is 1. The van der Waals surface area contributed by atoms with Gasteiger partial charge in [-0.15, -0.1) is 0 Å². The van der Waals surface area contributed by atoms with Crippen LogP contribution in [0.3, 0.4) is 0 Å². The number of piperidine rings is 1. The smallest absolute Gasteiger partial charge is 0.178 e. The van der Waals surface area contributed by atoms with Crippen molar-refractivity contribution in [3.05, 3.63) is 33.8 Å². The summed E-state index contributed by atoms with van der Waals surface area (Å²) >= 11 is 12.0. The topological polar surface area (TPSA) is 32.3 Å². The average molecular weight is 301 g/mol. The molecule has 5 heteroatoms. The molecule has 0 radical (unpaired) electrons. The zero-order valence-corrected chi connectivity index (χ0v) is 12.5. The lowest BCUT2D eigenvalue weighted by atomic mass is 10.0. The van der Waals surface area contributed by atoms with E-state index in [1.54, 1.807) is 18.2 Å². The van der Waals surface area contributed by atoms with Crippen molar-refractivity contribution in [2.45, 2.75) is 18.9 Å². The Kier molecular flexibility index (Phi) is 5.22. The Hall–Kier alpha value is -0.610. The molecule has 1 aromatic carbocycles. The van der Waals surface area contributed by atoms with E-state index < -0.39 is 0 Å². The first-order valence-electron chi connectivity index (χ1n) is 6.47. The first-order valence-corrected chi connectivity index (χ1v) is 7.22. The molecule has 3 nitrogen and oxygen atoms in total. The third kappa shape index (κ3) is 3.93. The Morgan fingerprint density at radius 1 is 1.37 bits per heavy atom. The molecule has 0 aromatic heterocycles. The quantitative estimate of drug-likeness (QED) is 0.868. The van der Waals surface area contributed by atoms with Crippen molar-refractivity contribution in [2.75, 3.05) is 26.7 Å². The Morgan fingerprint density at radius 3 is 2.74 bits per heavy atom. The van der Waals surface area contributed by atoms with E-state index in [9.17, 15) is 4.79 Å². The van der Waals surface area contributed by atoms with Crippen molar-refractivity contribution in [1.82, 2.24) is 10.2 Å². The second-order valence-electron chi connectivity index (χ2n) is 4.94. The first-order chi connectivity index (χ1) is 9.08. The second kappa shape index (κ2) is 6.71. The standard InChI is InChI=1S/C14H18Cl2N2O/c1-18(11-4-6-17-7-5-11)9-14(19)12-8-10(15)2-3-13(12)16/h2-3,8,11,17H,4-7,9H2,1H3. The molecule has 104 valence electrons. The fourth-order valence-corrected chi connectivity index (χ4v) is 2.79. The van der Waals surface area contributed by atoms with Crippen LogP contribution < -0.4 is 5.32 Å². The van der Waals surface area contributed by atoms with Gasteiger partial charge in [-0.2, -0.15) is 0 Å². The summed E-state index contributed by atoms with van der Waals surface area (Å²) < 4.78 is 0. The number of nitrogens with one attached hydrogen (secondary N) is 1. The van der Waals surface area contributed by atoms with Gasteiger partial charge in [0.1, 0.15) is 0 Å². The van der Waals surface area contributed by atoms with Crippen LogP contribution in [0, 0.1) is 0 Å². The maximum atomic E-state index is 12.3. The van der Waals surface area contributed by atoms with Gasteiger partial charge in [0.15, 0.2) is 5.78 Å². The zero-order chi connectivity index (χ0) is 13.8. The number of carbonyl (C=O) groups excluding carboxylic acids is 1. The van der Waals surface area contributed by atoms with Gasteiger partial charge in [-0.05, 0) is 51.2 Å². The molecule has 1 heterocycles. The summed E-state index contributed by atoms with van der Waals surface area (Å²) in [6.07, 6.45) is 2.15. The van der Waals surface area contributed by atoms with Crippen molar-refractivity contribution in [3.8, 4) is 0 Å². The van der Waals surface area contributed by atoms with E-state index in [2.05, 4.69) is 10.2 Å². The van der Waals surface area contributed by atoms with Crippen molar-refractivity contribution in [3.63, 3.8) is 0 Å². The fourth-order valence-electron chi connectivity index (χ4n) is 2.40. The van der Waals surface area contributed by atoms with Crippen LogP contribution in [0.15, 0.2) is 18.2 Å². The molecule has 0 saturated carbocycles. The molecule has 0 amide bonds. The monoisotopic (exact) mass is 300 g/mol. The largest absolute Gasteiger partial charge is 0.317 e. The Labute approximate surface area is 123 Å². The molecule has 0 unspecified atom stereocenters. The van der Waals surface area contributed by atoms with E-state index in [0.717, 1.165) is 25.9 Å². The summed E-state index contributed by atoms with van der Waals surface area (Å²) in [6, 6.07) is 5.46. The highest BCUT2D eigenvalue weighted by atomic mass is 35.5. The number of halogens is 2. The van der Waals surface area contributed by atoms with Gasteiger partial charge in [-0.1, -0.05) is 23.2 Å². The predicted octanol–water partition coefficient (Wildman–Crippen LogP) is 2.86. The molecule has 1 aliphatic rings. The molecule has 0 aliphatic carbocycles. The average Bonchev–Trinajstić information content (AvgIpc) is 2.42. The Balaban J connectivity index is 2.01. The minimum atomic E-state index is 0.0218. The highest BCUT2D eigenvalue weighted by Gasteiger charge is 2.21. The van der Waals surface area contributed by atoms with Gasteiger partial charge in [0.2, 0.25) is 0 Å². The zero-order valence-electron chi connectivity index (χ0n) is 11.0. The number of rotatable bonds is 4. The summed E-state index contributed by atoms with van der Waals surface area (Å²) in [6.45, 7) is 2.41. The first kappa shape index (κ1) is 14.8. The van der Waals surface area contributed by atoms with E-state index in [1.807, 2.05) is 7.05 Å². The summed E-state index contributed by atoms with van der Waals surface area (Å²) in [4.78, 5) is 14.4. The van der Waals surface area contributed by atoms with E-state index in [4.69, 9.17) is 23.2 Å². The molecule has 19 heavy (non-hydrogen) atoms. The number of hydrogen-bond acceptors (Lipinski definition) is 3. The SMILES string of the molecule is CN(CC(=O)c1cc(Cl)ccc1Cl)C1CCNCC1. The van der Waals surface area contributed by atoms with Crippen molar-refractivity contribution in [1.29, 1.82) is 0 Å². The van der Waals surface area contributed by atoms with Crippen molar-refractivity contribution < 1.29 is 4.79 Å². The summed E-state index contributed by atoms with van der Waals surface area (Å²) in [5.41, 5.74) is 0.509. The maximum absolute atomic E-state index is 12.3. The minimum Gasteiger partial charge on any atom is -0.317 e. The number of ketones is 1. The molecule has 1 aliphatic heterocycles. The molecule has 1 saturated heterocycles. The third-order valence-corrected chi connectivity index (χ3v) is 4.12. The highest BCUT2D eigenvalue weighted by Crippen LogP contribution is 2.22. The van der Waals surface area contributed by atoms with Gasteiger partial charge in [0, 0.05) is 16.6 Å². The van der Waals surface area contributed by atoms with Gasteiger partial charge in [-0.25, -0.2) is 0 Å². The van der Waals surface area contributed by atoms with Gasteiger partial charge >= 0.3 is 0 Å². The van der Waals surface area contributed by atoms with Crippen molar-refractivity contribution >= 4 is 29.0 Å². The molecule has 0 atom stereocenters. The molecule has 2 rings (SSSR count). The Morgan fingerprint density at radius 2 is 2.05 bits per heavy atom. The normalized spacial score (nSPS) is 16.8. The van der Waals surface area contributed by atoms with Crippen molar-refractivity contribution in [2.24, 2.45) is 0 Å². The van der Waals surface area contributed by atoms with Crippen LogP contribution in [0.5, 0.6) is 0 Å². The third-order valence-electron chi connectivity index (χ3n) is 3.55. The summed E-state index contributed by atoms with van der Waals surface area (Å²) in [5, 5.41) is 4.33. The van der Waals surface area contributed by atoms with Crippen LogP contribution in [0.2, 0.25) is 10.0 Å². The molecule has 0 spiro atoms. The second-order valence-corrected chi connectivity index (χ2v) is 5.79. The molecule has 0 bridgehead atoms. The van der Waals surface area contributed by atoms with Crippen LogP contribution in [-0.2, 0) is 0 Å². The lowest BCUT2D eigenvalue weighted by Crippen LogP contribution is -2.43. The fraction of sp³-hybridized carbons (Fsp3) is 0.500. The molecule has 1 aromatic rings. The molecular weight excluding hydrogens is 283 g/mol. The summed E-state index contributed by atoms with van der Waals surface area (Å²) in [5.74, 6) is 0.0218. The van der Waals surface area contributed by atoms with Gasteiger partial charge in [0.25, 0.3) is 0 Å². The highest BCUT2D eigenvalue weighted by molar-refractivity contribution is 6.36. The predicted molar refractivity (Wildman–Crippen MR) is 79.3 cm³/mol. The number of hydrogen-bond donors (Lipinski definition) is 1. The Bertz CT molecular complexity index is 459. The molecule has 1 fully saturated rings. The minimum absolute atomic E-state index is 0.0218. The maximum Gasteiger partial charge on any atom is 0.178 e. The van der Waals surface area contributed by atoms with Crippen LogP contribution in [0.4, 0.5) is 0 Å². The van der Waals surface area contributed by atoms with Crippen LogP contribution in [-0.4, -0.2) is 43.4 Å². The van der Waals surface area contributed by atoms with E-state index in [1.165, 1.54) is 0 Å². The lowest BCUT2D eigenvalue weighted by Gasteiger charge is -2.31. The van der Waals surface area contributed by atoms with E-state index in [0.29, 0.717) is 28.2 Å². The van der Waals surface area contributed by atoms with Crippen LogP contribution in [0.25, 0.3) is 0 Å². The number of Topliss-reactive ketones (excluding diaryl/α,β-unsaturated/α-hetero) is 1. The molecule has 1 N–H and O–H groups in total.